The van der Waals surface area contributed by atoms with Crippen molar-refractivity contribution in [1.82, 2.24) is 0 Å². The van der Waals surface area contributed by atoms with Gasteiger partial charge in [-0.05, 0) is 43.4 Å². The SMILES string of the molecule is COc1c(C)c(C)cc(C)c1NC(CO)C(C)C. The number of rotatable bonds is 5. The first-order chi connectivity index (χ1) is 8.42. The summed E-state index contributed by atoms with van der Waals surface area (Å²) in [5.74, 6) is 1.24. The highest BCUT2D eigenvalue weighted by Gasteiger charge is 2.18. The van der Waals surface area contributed by atoms with Crippen molar-refractivity contribution < 1.29 is 9.84 Å². The van der Waals surface area contributed by atoms with Crippen molar-refractivity contribution in [3.8, 4) is 5.75 Å². The Labute approximate surface area is 110 Å². The van der Waals surface area contributed by atoms with Gasteiger partial charge in [-0.15, -0.1) is 0 Å². The Hall–Kier alpha value is -1.22. The first-order valence-electron chi connectivity index (χ1n) is 6.44. The second-order valence-electron chi connectivity index (χ2n) is 5.22. The van der Waals surface area contributed by atoms with E-state index in [2.05, 4.69) is 46.0 Å². The van der Waals surface area contributed by atoms with Gasteiger partial charge in [-0.2, -0.15) is 0 Å². The fourth-order valence-electron chi connectivity index (χ4n) is 2.09. The van der Waals surface area contributed by atoms with E-state index in [0.29, 0.717) is 5.92 Å². The standard InChI is InChI=1S/C15H25NO2/c1-9(2)13(8-17)16-14-11(4)7-10(3)12(5)15(14)18-6/h7,9,13,16-17H,8H2,1-6H3. The summed E-state index contributed by atoms with van der Waals surface area (Å²) >= 11 is 0. The van der Waals surface area contributed by atoms with Crippen LogP contribution in [0.15, 0.2) is 6.07 Å². The summed E-state index contributed by atoms with van der Waals surface area (Å²) < 4.78 is 5.52. The molecule has 0 fully saturated rings. The van der Waals surface area contributed by atoms with Gasteiger partial charge in [0.2, 0.25) is 0 Å². The number of aliphatic hydroxyl groups excluding tert-OH is 1. The lowest BCUT2D eigenvalue weighted by atomic mass is 10.00. The maximum atomic E-state index is 9.43. The van der Waals surface area contributed by atoms with Crippen molar-refractivity contribution in [3.63, 3.8) is 0 Å². The highest BCUT2D eigenvalue weighted by molar-refractivity contribution is 5.67. The Bertz CT molecular complexity index is 413. The van der Waals surface area contributed by atoms with Gasteiger partial charge in [0, 0.05) is 0 Å². The lowest BCUT2D eigenvalue weighted by molar-refractivity contribution is 0.249. The number of anilines is 1. The largest absolute Gasteiger partial charge is 0.494 e. The van der Waals surface area contributed by atoms with Crippen LogP contribution in [0.5, 0.6) is 5.75 Å². The van der Waals surface area contributed by atoms with Crippen LogP contribution in [-0.2, 0) is 0 Å². The van der Waals surface area contributed by atoms with E-state index in [1.54, 1.807) is 7.11 Å². The summed E-state index contributed by atoms with van der Waals surface area (Å²) in [5, 5.41) is 12.8. The van der Waals surface area contributed by atoms with Crippen LogP contribution < -0.4 is 10.1 Å². The second kappa shape index (κ2) is 6.10. The molecule has 0 aliphatic rings. The van der Waals surface area contributed by atoms with Crippen LogP contribution in [0.25, 0.3) is 0 Å². The molecular weight excluding hydrogens is 226 g/mol. The first-order valence-corrected chi connectivity index (χ1v) is 6.44. The summed E-state index contributed by atoms with van der Waals surface area (Å²) in [6.07, 6.45) is 0. The Morgan fingerprint density at radius 1 is 1.22 bits per heavy atom. The Morgan fingerprint density at radius 2 is 1.83 bits per heavy atom. The molecule has 1 rings (SSSR count). The van der Waals surface area contributed by atoms with Gasteiger partial charge in [0.05, 0.1) is 25.4 Å². The summed E-state index contributed by atoms with van der Waals surface area (Å²) in [7, 11) is 1.69. The minimum Gasteiger partial charge on any atom is -0.494 e. The van der Waals surface area contributed by atoms with Gasteiger partial charge >= 0.3 is 0 Å². The summed E-state index contributed by atoms with van der Waals surface area (Å²) in [6, 6.07) is 2.19. The molecule has 0 aliphatic carbocycles. The molecule has 0 saturated heterocycles. The fraction of sp³-hybridized carbons (Fsp3) is 0.600. The predicted molar refractivity (Wildman–Crippen MR) is 76.5 cm³/mol. The van der Waals surface area contributed by atoms with Crippen molar-refractivity contribution in [3.05, 3.63) is 22.8 Å². The molecule has 1 aromatic rings. The van der Waals surface area contributed by atoms with E-state index in [9.17, 15) is 5.11 Å². The maximum Gasteiger partial charge on any atom is 0.145 e. The van der Waals surface area contributed by atoms with E-state index < -0.39 is 0 Å². The minimum absolute atomic E-state index is 0.0414. The molecule has 1 unspecified atom stereocenters. The molecule has 0 spiro atoms. The van der Waals surface area contributed by atoms with Crippen LogP contribution in [0, 0.1) is 26.7 Å². The average Bonchev–Trinajstić information content (AvgIpc) is 2.31. The minimum atomic E-state index is 0.0414. The molecule has 18 heavy (non-hydrogen) atoms. The normalized spacial score (nSPS) is 12.7. The van der Waals surface area contributed by atoms with Crippen LogP contribution in [0.4, 0.5) is 5.69 Å². The zero-order valence-electron chi connectivity index (χ0n) is 12.3. The quantitative estimate of drug-likeness (QED) is 0.845. The average molecular weight is 251 g/mol. The molecule has 102 valence electrons. The number of methoxy groups -OCH3 is 1. The molecule has 0 aromatic heterocycles. The van der Waals surface area contributed by atoms with E-state index in [4.69, 9.17) is 4.74 Å². The van der Waals surface area contributed by atoms with Crippen molar-refractivity contribution >= 4 is 5.69 Å². The van der Waals surface area contributed by atoms with Crippen molar-refractivity contribution in [2.75, 3.05) is 19.0 Å². The van der Waals surface area contributed by atoms with Crippen LogP contribution in [0.1, 0.15) is 30.5 Å². The molecular formula is C15H25NO2. The molecule has 0 radical (unpaired) electrons. The molecule has 0 heterocycles. The van der Waals surface area contributed by atoms with E-state index in [-0.39, 0.29) is 12.6 Å². The van der Waals surface area contributed by atoms with Crippen LogP contribution in [0.2, 0.25) is 0 Å². The van der Waals surface area contributed by atoms with Gasteiger partial charge in [0.25, 0.3) is 0 Å². The third-order valence-corrected chi connectivity index (χ3v) is 3.52. The topological polar surface area (TPSA) is 41.5 Å². The van der Waals surface area contributed by atoms with Crippen LogP contribution in [0.3, 0.4) is 0 Å². The van der Waals surface area contributed by atoms with Gasteiger partial charge in [-0.3, -0.25) is 0 Å². The van der Waals surface area contributed by atoms with Gasteiger partial charge in [-0.25, -0.2) is 0 Å². The Morgan fingerprint density at radius 3 is 2.28 bits per heavy atom. The molecule has 0 aliphatic heterocycles. The zero-order chi connectivity index (χ0) is 13.9. The highest BCUT2D eigenvalue weighted by Crippen LogP contribution is 2.35. The van der Waals surface area contributed by atoms with Crippen molar-refractivity contribution in [1.29, 1.82) is 0 Å². The first kappa shape index (κ1) is 14.8. The molecule has 2 N–H and O–H groups in total. The summed E-state index contributed by atoms with van der Waals surface area (Å²) in [6.45, 7) is 10.5. The molecule has 1 atom stereocenters. The van der Waals surface area contributed by atoms with Crippen LogP contribution >= 0.6 is 0 Å². The lowest BCUT2D eigenvalue weighted by Gasteiger charge is -2.25. The molecule has 0 bridgehead atoms. The second-order valence-corrected chi connectivity index (χ2v) is 5.22. The number of hydrogen-bond donors (Lipinski definition) is 2. The number of hydrogen-bond acceptors (Lipinski definition) is 3. The van der Waals surface area contributed by atoms with E-state index in [0.717, 1.165) is 22.6 Å². The maximum absolute atomic E-state index is 9.43. The number of aryl methyl sites for hydroxylation is 2. The predicted octanol–water partition coefficient (Wildman–Crippen LogP) is 3.05. The third kappa shape index (κ3) is 2.96. The molecule has 0 amide bonds. The van der Waals surface area contributed by atoms with Gasteiger partial charge in [-0.1, -0.05) is 19.9 Å². The molecule has 3 nitrogen and oxygen atoms in total. The smallest absolute Gasteiger partial charge is 0.145 e. The monoisotopic (exact) mass is 251 g/mol. The highest BCUT2D eigenvalue weighted by atomic mass is 16.5. The van der Waals surface area contributed by atoms with Gasteiger partial charge in [0.1, 0.15) is 5.75 Å². The fourth-order valence-corrected chi connectivity index (χ4v) is 2.09. The molecule has 0 saturated carbocycles. The summed E-state index contributed by atoms with van der Waals surface area (Å²) in [4.78, 5) is 0. The third-order valence-electron chi connectivity index (χ3n) is 3.52. The Kier molecular flexibility index (Phi) is 5.03. The van der Waals surface area contributed by atoms with Gasteiger partial charge in [0.15, 0.2) is 0 Å². The van der Waals surface area contributed by atoms with E-state index >= 15 is 0 Å². The molecule has 3 heteroatoms. The van der Waals surface area contributed by atoms with Gasteiger partial charge < -0.3 is 15.2 Å². The van der Waals surface area contributed by atoms with E-state index in [1.165, 1.54) is 5.56 Å². The lowest BCUT2D eigenvalue weighted by Crippen LogP contribution is -2.30. The zero-order valence-corrected chi connectivity index (χ0v) is 12.3. The number of aliphatic hydroxyl groups is 1. The Balaban J connectivity index is 3.19. The van der Waals surface area contributed by atoms with E-state index in [1.807, 2.05) is 0 Å². The van der Waals surface area contributed by atoms with Crippen molar-refractivity contribution in [2.24, 2.45) is 5.92 Å². The number of benzene rings is 1. The number of ether oxygens (including phenoxy) is 1. The molecule has 1 aromatic carbocycles. The summed E-state index contributed by atoms with van der Waals surface area (Å²) in [5.41, 5.74) is 4.51. The van der Waals surface area contributed by atoms with Crippen molar-refractivity contribution in [2.45, 2.75) is 40.7 Å². The van der Waals surface area contributed by atoms with Crippen LogP contribution in [-0.4, -0.2) is 24.9 Å². The number of nitrogens with one attached hydrogen (secondary N) is 1.